The molecule has 0 rings (SSSR count). The van der Waals surface area contributed by atoms with Crippen LogP contribution in [0.25, 0.3) is 0 Å². The van der Waals surface area contributed by atoms with Gasteiger partial charge < -0.3 is 113 Å². The lowest BCUT2D eigenvalue weighted by Crippen LogP contribution is -2.56. The highest BCUT2D eigenvalue weighted by molar-refractivity contribution is 6.86. The fourth-order valence-electron chi connectivity index (χ4n) is 11.6. The maximum atomic E-state index is 10.5. The lowest BCUT2D eigenvalue weighted by molar-refractivity contribution is 0.0242. The Bertz CT molecular complexity index is 3260. The molecule has 0 aromatic carbocycles. The second-order valence-electron chi connectivity index (χ2n) is 41.1. The molecule has 20 N–H and O–H groups in total. The van der Waals surface area contributed by atoms with Crippen molar-refractivity contribution in [3.05, 3.63) is 38.0 Å². The van der Waals surface area contributed by atoms with Crippen LogP contribution >= 0.6 is 0 Å². The number of hydrogen-bond donors (Lipinski definition) is 20. The predicted octanol–water partition coefficient (Wildman–Crippen LogP) is 21.5. The molecule has 35 heteroatoms. The number of hydrogen-bond acceptors (Lipinski definition) is 28. The van der Waals surface area contributed by atoms with Gasteiger partial charge in [0.2, 0.25) is 0 Å². The van der Waals surface area contributed by atoms with Crippen molar-refractivity contribution in [3.8, 4) is 0 Å². The molecule has 0 fully saturated rings. The van der Waals surface area contributed by atoms with Gasteiger partial charge in [0.05, 0.1) is 89.4 Å². The van der Waals surface area contributed by atoms with E-state index in [1.54, 1.807) is 121 Å². The minimum absolute atomic E-state index is 0.214. The van der Waals surface area contributed by atoms with Crippen molar-refractivity contribution in [2.24, 2.45) is 57.0 Å². The molecule has 138 heavy (non-hydrogen) atoms. The van der Waals surface area contributed by atoms with Crippen molar-refractivity contribution in [2.75, 3.05) is 42.3 Å². The van der Waals surface area contributed by atoms with Gasteiger partial charge in [-0.3, -0.25) is 30.0 Å². The Morgan fingerprint density at radius 2 is 0.623 bits per heavy atom. The summed E-state index contributed by atoms with van der Waals surface area (Å²) >= 11 is 0. The van der Waals surface area contributed by atoms with E-state index in [-0.39, 0.29) is 23.5 Å². The topological polar surface area (TPSA) is 525 Å². The Kier molecular flexibility index (Phi) is 97.2. The van der Waals surface area contributed by atoms with E-state index < -0.39 is 129 Å². The molecule has 0 spiro atoms. The molecule has 0 saturated heterocycles. The molecule has 0 aromatic heterocycles. The van der Waals surface area contributed by atoms with Crippen LogP contribution in [0, 0.1) is 50.2 Å². The van der Waals surface area contributed by atoms with Crippen molar-refractivity contribution in [1.29, 1.82) is 32.5 Å². The second kappa shape index (κ2) is 81.7. The SMILES string of the molecule is C=CC(C)(O)C=N.C=CC(C)(O)C=NC.C=CC(O)C=N[Si](C)(C)C.CC(C)(O)C=N.CC(O)(C=N)[Si](C)(C)C.CCC(C)(O)C=N.CCC(O)(C=N)CC.CCC(O)(C=NC)C(C)C.CCC(O)(C=NC)CC.CC[Si](CC)(CC)C(C)(O)C=N.CC[Si](CC)(CC)C(C)(O)C=NC.CC[Si](CC)(CC)N=CC(O)[Si](CC)(CC)CC.CN=CC(C)(O)[Si](C)(C)C.CN=CC(O)(C(C)C)C(C)C. The predicted molar refractivity (Wildman–Crippen MR) is 634 cm³/mol. The monoisotopic (exact) mass is 2080 g/mol. The number of aliphatic hydroxyl groups is 14. The van der Waals surface area contributed by atoms with Crippen LogP contribution in [0.2, 0.25) is 131 Å². The van der Waals surface area contributed by atoms with E-state index in [0.717, 1.165) is 105 Å². The average Bonchev–Trinajstić information content (AvgIpc) is 0.779. The highest BCUT2D eigenvalue weighted by atomic mass is 28.3. The summed E-state index contributed by atoms with van der Waals surface area (Å²) in [7, 11) is -0.555. The number of aliphatic imine (C=N–C) groups is 6. The lowest BCUT2D eigenvalue weighted by atomic mass is 9.81. The molecule has 28 nitrogen and oxygen atoms in total. The first-order chi connectivity index (χ1) is 62.4. The van der Waals surface area contributed by atoms with Crippen molar-refractivity contribution in [1.82, 2.24) is 0 Å². The summed E-state index contributed by atoms with van der Waals surface area (Å²) in [6.45, 7) is 93.9. The molecule has 10 unspecified atom stereocenters. The van der Waals surface area contributed by atoms with E-state index in [4.69, 9.17) is 62.6 Å². The molecule has 0 radical (unpaired) electrons. The Morgan fingerprint density at radius 3 is 0.746 bits per heavy atom. The van der Waals surface area contributed by atoms with E-state index in [1.165, 1.54) is 55.7 Å². The van der Waals surface area contributed by atoms with Gasteiger partial charge in [0, 0.05) is 129 Å². The largest absolute Gasteiger partial charge is 0.391 e. The van der Waals surface area contributed by atoms with Gasteiger partial charge in [0.15, 0.2) is 16.5 Å². The van der Waals surface area contributed by atoms with Gasteiger partial charge in [0.1, 0.15) is 28.5 Å². The van der Waals surface area contributed by atoms with Crippen molar-refractivity contribution in [2.45, 2.75) is 476 Å². The first kappa shape index (κ1) is 164. The molecule has 0 aliphatic heterocycles. The molecule has 0 saturated carbocycles. The molecule has 822 valence electrons. The minimum Gasteiger partial charge on any atom is -0.391 e. The van der Waals surface area contributed by atoms with E-state index in [0.29, 0.717) is 19.3 Å². The van der Waals surface area contributed by atoms with E-state index in [9.17, 15) is 46.0 Å². The fraction of sp³-hybridized carbons (Fsp3) is 0.806. The molecule has 0 heterocycles. The van der Waals surface area contributed by atoms with Gasteiger partial charge in [-0.1, -0.05) is 291 Å². The van der Waals surface area contributed by atoms with Crippen LogP contribution in [0.3, 0.4) is 0 Å². The van der Waals surface area contributed by atoms with Crippen LogP contribution in [0.15, 0.2) is 77.2 Å². The number of nitrogens with zero attached hydrogens (tertiary/aromatic N) is 8. The maximum absolute atomic E-state index is 10.5. The summed E-state index contributed by atoms with van der Waals surface area (Å²) in [6.07, 6.45) is 27.3. The van der Waals surface area contributed by atoms with Crippen LogP contribution in [0.5, 0.6) is 0 Å². The fourth-order valence-corrected chi connectivity index (χ4v) is 27.0. The Labute approximate surface area is 855 Å². The van der Waals surface area contributed by atoms with E-state index >= 15 is 0 Å². The minimum atomic E-state index is -1.63. The number of aliphatic hydroxyl groups excluding tert-OH is 2. The summed E-state index contributed by atoms with van der Waals surface area (Å²) < 4.78 is 9.14. The van der Waals surface area contributed by atoms with Crippen molar-refractivity contribution in [3.63, 3.8) is 0 Å². The first-order valence-electron chi connectivity index (χ1n) is 50.1. The summed E-state index contributed by atoms with van der Waals surface area (Å²) in [5, 5.41) is 171. The Balaban J connectivity index is -0.000000101. The third kappa shape index (κ3) is 76.2. The normalized spacial score (nSPS) is 16.2. The van der Waals surface area contributed by atoms with Crippen LogP contribution in [-0.2, 0) is 0 Å². The Morgan fingerprint density at radius 1 is 0.312 bits per heavy atom. The second-order valence-corrected chi connectivity index (χ2v) is 78.4. The van der Waals surface area contributed by atoms with Gasteiger partial charge in [-0.05, 0) is 156 Å². The summed E-state index contributed by atoms with van der Waals surface area (Å²) in [5.41, 5.74) is -7.01. The molecular formula is C103H228N14O14Si7. The zero-order valence-corrected chi connectivity index (χ0v) is 105. The standard InChI is InChI=1S/C14H33NOSi2.C10H23NOSi.C9H21NOSi.C9H19NO.C8H17NO.C7H17NOSi.C7H15NOSi.C7H15NO.C6H15NOSi.C6H11NO.C6H13NO.C5H11NO.C5H9NO.C4H9NO/c1-7-17(8-2,9-3)14(16)13-15-18(10-4,11-5)12-6;1-6-13(7-2,8-3)10(4,12)9-11-5;1-5-12(6-2,7-3)9(4,11)8-10;1-7(2)9(11,6-10-5)8(3)4;1-5-8(10,6-9-4)7(2)3;1-7(9,6-8-2)10(3,4)5;1-5-7(9)6-8-10(2,3)4;1-4-7(9,5-2)6-8-3;1-6(8,5-7)9(2,3)4;1-4-6(2,8)5-7-3;1-3-6(8,4-2)5-7;2*1-3-5(2,7)4-6;1-4(2,6)3-5/h13-14,16H,7-12H2,1-6H3;9,12H,6-8H2,1-5H3;8,10-11H,5-7H2,1-4H3;6-8,11H,1-5H3;6-7,10H,5H2,1-4H3;6,9H,1-5H3;5-7,9H,1H2,2-4H3;6,9H,4-5H2,1-3H3;5,7-8H,1-4H3;4-5,8H,1H2,2-3H3;5,7-8H,3-4H2,1-2H3;4,6-7H,3H2,1-2H3;3-4,6-7H,1H2,2H3;3,5-6H,1-2H3. The van der Waals surface area contributed by atoms with Gasteiger partial charge in [-0.25, -0.2) is 0 Å². The molecule has 10 atom stereocenters. The van der Waals surface area contributed by atoms with E-state index in [1.807, 2.05) is 123 Å². The quantitative estimate of drug-likeness (QED) is 0.0153. The molecule has 0 aromatic rings. The van der Waals surface area contributed by atoms with Crippen molar-refractivity contribution < 1.29 is 71.5 Å². The molecule has 0 aliphatic carbocycles. The van der Waals surface area contributed by atoms with Gasteiger partial charge in [0.25, 0.3) is 0 Å². The van der Waals surface area contributed by atoms with Crippen LogP contribution in [0.1, 0.15) is 267 Å². The van der Waals surface area contributed by atoms with Crippen LogP contribution in [-0.4, -0.2) is 335 Å². The van der Waals surface area contributed by atoms with Crippen LogP contribution < -0.4 is 0 Å². The third-order valence-corrected chi connectivity index (χ3v) is 56.9. The number of nitrogens with one attached hydrogen (secondary N) is 6. The molecule has 0 bridgehead atoms. The van der Waals surface area contributed by atoms with E-state index in [2.05, 4.69) is 177 Å². The molecule has 0 amide bonds. The van der Waals surface area contributed by atoms with Crippen LogP contribution in [0.4, 0.5) is 0 Å². The average molecular weight is 2080 g/mol. The zero-order valence-electron chi connectivity index (χ0n) is 97.9. The maximum Gasteiger partial charge on any atom is 0.180 e. The van der Waals surface area contributed by atoms with Gasteiger partial charge in [-0.2, -0.15) is 0 Å². The summed E-state index contributed by atoms with van der Waals surface area (Å²) in [6, 6.07) is 13.6. The highest BCUT2D eigenvalue weighted by Crippen LogP contribution is 2.33. The van der Waals surface area contributed by atoms with Crippen molar-refractivity contribution >= 4 is 144 Å². The summed E-state index contributed by atoms with van der Waals surface area (Å²) in [4.78, 5) is 22.9. The molecule has 0 aliphatic rings. The number of rotatable bonds is 45. The Hall–Kier alpha value is -4.44. The van der Waals surface area contributed by atoms with Gasteiger partial charge in [-0.15, -0.1) is 6.58 Å². The lowest BCUT2D eigenvalue weighted by Gasteiger charge is -2.39. The molecular weight excluding hydrogens is 1850 g/mol. The first-order valence-corrected chi connectivity index (χ1v) is 71.1. The smallest absolute Gasteiger partial charge is 0.180 e. The summed E-state index contributed by atoms with van der Waals surface area (Å²) in [5.74, 6) is 0.665. The third-order valence-electron chi connectivity index (χ3n) is 26.7. The highest BCUT2D eigenvalue weighted by Gasteiger charge is 2.46. The van der Waals surface area contributed by atoms with Gasteiger partial charge >= 0.3 is 0 Å². The zero-order chi connectivity index (χ0) is 114.